The highest BCUT2D eigenvalue weighted by Gasteiger charge is 2.03. The van der Waals surface area contributed by atoms with Crippen LogP contribution in [0.4, 0.5) is 0 Å². The van der Waals surface area contributed by atoms with E-state index in [1.54, 1.807) is 12.4 Å². The molecule has 1 heterocycles. The van der Waals surface area contributed by atoms with Crippen molar-refractivity contribution in [1.82, 2.24) is 10.2 Å². The number of ether oxygens (including phenoxy) is 1. The van der Waals surface area contributed by atoms with E-state index < -0.39 is 0 Å². The van der Waals surface area contributed by atoms with Gasteiger partial charge in [0.05, 0.1) is 13.0 Å². The van der Waals surface area contributed by atoms with Gasteiger partial charge in [0.2, 0.25) is 0 Å². The smallest absolute Gasteiger partial charge is 0.306 e. The van der Waals surface area contributed by atoms with Crippen LogP contribution in [0.15, 0.2) is 5.51 Å². The van der Waals surface area contributed by atoms with Gasteiger partial charge in [0.15, 0.2) is 0 Å². The van der Waals surface area contributed by atoms with Crippen LogP contribution < -0.4 is 0 Å². The first-order valence-corrected chi connectivity index (χ1v) is 4.61. The number of aryl methyl sites for hydroxylation is 1. The minimum absolute atomic E-state index is 0.173. The maximum Gasteiger partial charge on any atom is 0.306 e. The Labute approximate surface area is 74.6 Å². The molecule has 1 aromatic heterocycles. The number of hydrogen-bond donors (Lipinski definition) is 0. The molecule has 1 aromatic rings. The topological polar surface area (TPSA) is 52.1 Å². The molecule has 0 aliphatic carbocycles. The fourth-order valence-electron chi connectivity index (χ4n) is 0.747. The first kappa shape index (κ1) is 9.12. The summed E-state index contributed by atoms with van der Waals surface area (Å²) in [7, 11) is 0. The second-order valence-corrected chi connectivity index (χ2v) is 3.06. The Hall–Kier alpha value is -0.970. The average Bonchev–Trinajstić information content (AvgIpc) is 2.53. The van der Waals surface area contributed by atoms with Gasteiger partial charge >= 0.3 is 5.97 Å². The molecule has 0 amide bonds. The molecule has 12 heavy (non-hydrogen) atoms. The highest BCUT2D eigenvalue weighted by atomic mass is 32.1. The largest absolute Gasteiger partial charge is 0.466 e. The summed E-state index contributed by atoms with van der Waals surface area (Å²) in [6.45, 7) is 2.23. The van der Waals surface area contributed by atoms with Gasteiger partial charge in [-0.05, 0) is 6.92 Å². The third-order valence-electron chi connectivity index (χ3n) is 1.25. The monoisotopic (exact) mass is 186 g/mol. The van der Waals surface area contributed by atoms with E-state index in [0.717, 1.165) is 5.01 Å². The number of carbonyl (C=O) groups is 1. The Bertz CT molecular complexity index is 236. The van der Waals surface area contributed by atoms with Crippen molar-refractivity contribution in [2.75, 3.05) is 6.61 Å². The lowest BCUT2D eigenvalue weighted by atomic mass is 10.3. The van der Waals surface area contributed by atoms with Crippen LogP contribution in [0.2, 0.25) is 0 Å². The van der Waals surface area contributed by atoms with Gasteiger partial charge in [-0.15, -0.1) is 21.5 Å². The molecular formula is C7H10N2O2S. The molecule has 5 heteroatoms. The zero-order valence-corrected chi connectivity index (χ0v) is 7.63. The van der Waals surface area contributed by atoms with Gasteiger partial charge in [0.1, 0.15) is 10.5 Å². The molecule has 0 saturated heterocycles. The number of carbonyl (C=O) groups excluding carboxylic acids is 1. The van der Waals surface area contributed by atoms with Crippen LogP contribution in [-0.2, 0) is 16.0 Å². The molecule has 0 unspecified atom stereocenters. The second-order valence-electron chi connectivity index (χ2n) is 2.14. The van der Waals surface area contributed by atoms with Crippen molar-refractivity contribution < 1.29 is 9.53 Å². The van der Waals surface area contributed by atoms with Crippen LogP contribution in [-0.4, -0.2) is 22.8 Å². The van der Waals surface area contributed by atoms with E-state index in [9.17, 15) is 4.79 Å². The second kappa shape index (κ2) is 4.82. The number of nitrogens with zero attached hydrogens (tertiary/aromatic N) is 2. The van der Waals surface area contributed by atoms with E-state index >= 15 is 0 Å². The molecule has 0 saturated carbocycles. The van der Waals surface area contributed by atoms with Crippen LogP contribution in [0.25, 0.3) is 0 Å². The molecular weight excluding hydrogens is 176 g/mol. The van der Waals surface area contributed by atoms with Crippen molar-refractivity contribution in [3.63, 3.8) is 0 Å². The van der Waals surface area contributed by atoms with Gasteiger partial charge < -0.3 is 4.74 Å². The van der Waals surface area contributed by atoms with E-state index in [2.05, 4.69) is 10.2 Å². The first-order chi connectivity index (χ1) is 5.83. The van der Waals surface area contributed by atoms with Gasteiger partial charge in [-0.2, -0.15) is 0 Å². The summed E-state index contributed by atoms with van der Waals surface area (Å²) in [6.07, 6.45) is 1.02. The van der Waals surface area contributed by atoms with Gasteiger partial charge in [-0.25, -0.2) is 0 Å². The SMILES string of the molecule is CCOC(=O)CCc1nncs1. The van der Waals surface area contributed by atoms with Crippen molar-refractivity contribution in [2.45, 2.75) is 19.8 Å². The lowest BCUT2D eigenvalue weighted by molar-refractivity contribution is -0.143. The molecule has 0 radical (unpaired) electrons. The third-order valence-corrected chi connectivity index (χ3v) is 2.01. The molecule has 0 fully saturated rings. The number of esters is 1. The Morgan fingerprint density at radius 3 is 3.17 bits per heavy atom. The highest BCUT2D eigenvalue weighted by molar-refractivity contribution is 7.09. The van der Waals surface area contributed by atoms with Crippen molar-refractivity contribution in [3.05, 3.63) is 10.5 Å². The molecule has 0 atom stereocenters. The van der Waals surface area contributed by atoms with Crippen LogP contribution in [0.5, 0.6) is 0 Å². The van der Waals surface area contributed by atoms with Gasteiger partial charge in [0.25, 0.3) is 0 Å². The molecule has 0 aromatic carbocycles. The molecule has 0 bridgehead atoms. The predicted octanol–water partition coefficient (Wildman–Crippen LogP) is 1.03. The Kier molecular flexibility index (Phi) is 3.66. The number of hydrogen-bond acceptors (Lipinski definition) is 5. The van der Waals surface area contributed by atoms with E-state index in [-0.39, 0.29) is 5.97 Å². The molecule has 0 N–H and O–H groups in total. The van der Waals surface area contributed by atoms with Gasteiger partial charge in [-0.1, -0.05) is 0 Å². The Morgan fingerprint density at radius 1 is 1.75 bits per heavy atom. The minimum atomic E-state index is -0.173. The summed E-state index contributed by atoms with van der Waals surface area (Å²) >= 11 is 1.45. The molecule has 0 aliphatic rings. The minimum Gasteiger partial charge on any atom is -0.466 e. The van der Waals surface area contributed by atoms with Crippen LogP contribution in [0.1, 0.15) is 18.4 Å². The molecule has 0 spiro atoms. The number of aromatic nitrogens is 2. The predicted molar refractivity (Wildman–Crippen MR) is 44.9 cm³/mol. The van der Waals surface area contributed by atoms with Crippen LogP contribution in [0, 0.1) is 0 Å². The summed E-state index contributed by atoms with van der Waals surface area (Å²) in [5.41, 5.74) is 1.65. The fourth-order valence-corrected chi connectivity index (χ4v) is 1.28. The average molecular weight is 186 g/mol. The fraction of sp³-hybridized carbons (Fsp3) is 0.571. The lowest BCUT2D eigenvalue weighted by Crippen LogP contribution is -2.04. The van der Waals surface area contributed by atoms with Crippen molar-refractivity contribution in [2.24, 2.45) is 0 Å². The van der Waals surface area contributed by atoms with Crippen LogP contribution >= 0.6 is 11.3 Å². The molecule has 4 nitrogen and oxygen atoms in total. The summed E-state index contributed by atoms with van der Waals surface area (Å²) in [4.78, 5) is 10.9. The summed E-state index contributed by atoms with van der Waals surface area (Å²) in [5, 5.41) is 8.35. The Balaban J connectivity index is 2.22. The first-order valence-electron chi connectivity index (χ1n) is 3.73. The summed E-state index contributed by atoms with van der Waals surface area (Å²) in [6, 6.07) is 0. The highest BCUT2D eigenvalue weighted by Crippen LogP contribution is 2.04. The quantitative estimate of drug-likeness (QED) is 0.659. The van der Waals surface area contributed by atoms with E-state index in [4.69, 9.17) is 4.74 Å². The normalized spacial score (nSPS) is 9.75. The molecule has 0 aliphatic heterocycles. The van der Waals surface area contributed by atoms with Crippen molar-refractivity contribution >= 4 is 17.3 Å². The summed E-state index contributed by atoms with van der Waals surface area (Å²) in [5.74, 6) is -0.173. The van der Waals surface area contributed by atoms with Crippen molar-refractivity contribution in [1.29, 1.82) is 0 Å². The zero-order valence-electron chi connectivity index (χ0n) is 6.82. The Morgan fingerprint density at radius 2 is 2.58 bits per heavy atom. The summed E-state index contributed by atoms with van der Waals surface area (Å²) < 4.78 is 4.76. The van der Waals surface area contributed by atoms with E-state index in [1.165, 1.54) is 11.3 Å². The zero-order chi connectivity index (χ0) is 8.81. The molecule has 66 valence electrons. The number of rotatable bonds is 4. The van der Waals surface area contributed by atoms with E-state index in [0.29, 0.717) is 19.4 Å². The molecule has 1 rings (SSSR count). The van der Waals surface area contributed by atoms with E-state index in [1.807, 2.05) is 0 Å². The lowest BCUT2D eigenvalue weighted by Gasteiger charge is -1.98. The van der Waals surface area contributed by atoms with Gasteiger partial charge in [-0.3, -0.25) is 4.79 Å². The standard InChI is InChI=1S/C7H10N2O2S/c1-2-11-7(10)4-3-6-9-8-5-12-6/h5H,2-4H2,1H3. The van der Waals surface area contributed by atoms with Crippen molar-refractivity contribution in [3.8, 4) is 0 Å². The van der Waals surface area contributed by atoms with Crippen LogP contribution in [0.3, 0.4) is 0 Å². The van der Waals surface area contributed by atoms with Gasteiger partial charge in [0, 0.05) is 6.42 Å². The third kappa shape index (κ3) is 2.96. The maximum atomic E-state index is 10.9. The maximum absolute atomic E-state index is 10.9.